The summed E-state index contributed by atoms with van der Waals surface area (Å²) in [6.45, 7) is 0. The molecule has 1 atom stereocenters. The van der Waals surface area contributed by atoms with Gasteiger partial charge in [-0.15, -0.1) is 11.8 Å². The predicted molar refractivity (Wildman–Crippen MR) is 110 cm³/mol. The van der Waals surface area contributed by atoms with Gasteiger partial charge in [0.15, 0.2) is 0 Å². The van der Waals surface area contributed by atoms with E-state index in [4.69, 9.17) is 4.99 Å². The van der Waals surface area contributed by atoms with Gasteiger partial charge in [0, 0.05) is 5.75 Å². The number of aliphatic imine (C=N–C) groups is 1. The maximum Gasteiger partial charge on any atom is 0.0913 e. The van der Waals surface area contributed by atoms with Crippen LogP contribution in [-0.2, 0) is 0 Å². The SMILES string of the molecule is C1=CCCC(/C=C/C2=NC(c3cccc(-c4ccccc4)c3)CS2)=C1. The van der Waals surface area contributed by atoms with Gasteiger partial charge >= 0.3 is 0 Å². The highest BCUT2D eigenvalue weighted by molar-refractivity contribution is 8.14. The molecule has 2 heteroatoms. The van der Waals surface area contributed by atoms with Gasteiger partial charge in [-0.3, -0.25) is 4.99 Å². The van der Waals surface area contributed by atoms with E-state index in [-0.39, 0.29) is 6.04 Å². The van der Waals surface area contributed by atoms with Crippen molar-refractivity contribution in [2.75, 3.05) is 5.75 Å². The van der Waals surface area contributed by atoms with Crippen LogP contribution in [0, 0.1) is 0 Å². The zero-order valence-electron chi connectivity index (χ0n) is 14.1. The summed E-state index contributed by atoms with van der Waals surface area (Å²) < 4.78 is 0. The van der Waals surface area contributed by atoms with Crippen molar-refractivity contribution in [1.29, 1.82) is 0 Å². The van der Waals surface area contributed by atoms with Crippen LogP contribution in [0.15, 0.2) is 95.5 Å². The summed E-state index contributed by atoms with van der Waals surface area (Å²) in [6, 6.07) is 19.6. The lowest BCUT2D eigenvalue weighted by Crippen LogP contribution is -1.94. The van der Waals surface area contributed by atoms with Gasteiger partial charge in [0.25, 0.3) is 0 Å². The molecular weight excluding hydrogens is 322 g/mol. The standard InChI is InChI=1S/C23H21NS/c1-3-8-18(9-4-1)14-15-23-24-22(17-25-23)21-13-7-12-20(16-21)19-10-5-2-6-11-19/h1-3,5-8,10-16,22H,4,9,17H2/b15-14+. The van der Waals surface area contributed by atoms with E-state index in [1.54, 1.807) is 0 Å². The van der Waals surface area contributed by atoms with E-state index in [0.29, 0.717) is 0 Å². The van der Waals surface area contributed by atoms with Crippen molar-refractivity contribution in [3.05, 3.63) is 96.1 Å². The van der Waals surface area contributed by atoms with E-state index in [9.17, 15) is 0 Å². The second-order valence-electron chi connectivity index (χ2n) is 6.33. The van der Waals surface area contributed by atoms with Crippen LogP contribution >= 0.6 is 11.8 Å². The highest BCUT2D eigenvalue weighted by Crippen LogP contribution is 2.33. The minimum Gasteiger partial charge on any atom is -0.269 e. The van der Waals surface area contributed by atoms with Crippen LogP contribution in [0.2, 0.25) is 0 Å². The second kappa shape index (κ2) is 7.71. The average Bonchev–Trinajstić information content (AvgIpc) is 3.17. The first-order chi connectivity index (χ1) is 12.4. The Morgan fingerprint density at radius 3 is 2.68 bits per heavy atom. The Bertz CT molecular complexity index is 859. The van der Waals surface area contributed by atoms with Gasteiger partial charge in [-0.25, -0.2) is 0 Å². The molecule has 0 N–H and O–H groups in total. The molecule has 0 spiro atoms. The van der Waals surface area contributed by atoms with E-state index in [1.807, 2.05) is 11.8 Å². The Morgan fingerprint density at radius 2 is 1.84 bits per heavy atom. The number of hydrogen-bond acceptors (Lipinski definition) is 2. The van der Waals surface area contributed by atoms with Crippen LogP contribution in [0.1, 0.15) is 24.4 Å². The van der Waals surface area contributed by atoms with Crippen molar-refractivity contribution in [2.24, 2.45) is 4.99 Å². The summed E-state index contributed by atoms with van der Waals surface area (Å²) in [5, 5.41) is 1.14. The molecule has 0 bridgehead atoms. The number of benzene rings is 2. The molecule has 2 aromatic carbocycles. The maximum atomic E-state index is 4.93. The molecule has 1 nitrogen and oxygen atoms in total. The van der Waals surface area contributed by atoms with Gasteiger partial charge in [0.1, 0.15) is 0 Å². The van der Waals surface area contributed by atoms with Gasteiger partial charge in [0.05, 0.1) is 11.1 Å². The molecule has 2 aromatic rings. The van der Waals surface area contributed by atoms with E-state index in [1.165, 1.54) is 22.3 Å². The molecule has 1 heterocycles. The number of thioether (sulfide) groups is 1. The van der Waals surface area contributed by atoms with Gasteiger partial charge in [-0.1, -0.05) is 72.8 Å². The summed E-state index contributed by atoms with van der Waals surface area (Å²) in [5.41, 5.74) is 5.22. The molecule has 124 valence electrons. The lowest BCUT2D eigenvalue weighted by molar-refractivity contribution is 0.850. The Balaban J connectivity index is 1.51. The third-order valence-electron chi connectivity index (χ3n) is 4.54. The van der Waals surface area contributed by atoms with E-state index >= 15 is 0 Å². The Labute approximate surface area is 153 Å². The van der Waals surface area contributed by atoms with Crippen molar-refractivity contribution < 1.29 is 0 Å². The topological polar surface area (TPSA) is 12.4 Å². The number of allylic oxidation sites excluding steroid dienone is 5. The maximum absolute atomic E-state index is 4.93. The normalized spacial score (nSPS) is 19.9. The summed E-state index contributed by atoms with van der Waals surface area (Å²) in [7, 11) is 0. The first kappa shape index (κ1) is 16.2. The minimum absolute atomic E-state index is 0.258. The molecule has 25 heavy (non-hydrogen) atoms. The Kier molecular flexibility index (Phi) is 4.98. The van der Waals surface area contributed by atoms with Gasteiger partial charge in [-0.2, -0.15) is 0 Å². The molecule has 0 radical (unpaired) electrons. The Morgan fingerprint density at radius 1 is 0.960 bits per heavy atom. The quantitative estimate of drug-likeness (QED) is 0.628. The van der Waals surface area contributed by atoms with Crippen molar-refractivity contribution >= 4 is 16.8 Å². The van der Waals surface area contributed by atoms with Gasteiger partial charge in [-0.05, 0) is 47.2 Å². The van der Waals surface area contributed by atoms with Crippen LogP contribution in [-0.4, -0.2) is 10.8 Å². The number of hydrogen-bond donors (Lipinski definition) is 0. The van der Waals surface area contributed by atoms with Crippen LogP contribution in [0.3, 0.4) is 0 Å². The monoisotopic (exact) mass is 343 g/mol. The summed E-state index contributed by atoms with van der Waals surface area (Å²) in [4.78, 5) is 4.93. The second-order valence-corrected chi connectivity index (χ2v) is 7.37. The van der Waals surface area contributed by atoms with Gasteiger partial charge in [0.2, 0.25) is 0 Å². The zero-order chi connectivity index (χ0) is 16.9. The fourth-order valence-electron chi connectivity index (χ4n) is 3.15. The summed E-state index contributed by atoms with van der Waals surface area (Å²) in [5.74, 6) is 1.02. The molecule has 4 rings (SSSR count). The fraction of sp³-hybridized carbons (Fsp3) is 0.174. The molecule has 1 aliphatic heterocycles. The fourth-order valence-corrected chi connectivity index (χ4v) is 4.11. The minimum atomic E-state index is 0.258. The molecule has 0 aromatic heterocycles. The third kappa shape index (κ3) is 4.02. The molecule has 2 aliphatic rings. The number of rotatable bonds is 4. The summed E-state index contributed by atoms with van der Waals surface area (Å²) in [6.07, 6.45) is 13.2. The number of nitrogens with zero attached hydrogens (tertiary/aromatic N) is 1. The lowest BCUT2D eigenvalue weighted by atomic mass is 10.0. The molecule has 1 unspecified atom stereocenters. The Hall–Kier alpha value is -2.32. The molecule has 0 saturated heterocycles. The summed E-state index contributed by atoms with van der Waals surface area (Å²) >= 11 is 1.85. The first-order valence-electron chi connectivity index (χ1n) is 8.78. The van der Waals surface area contributed by atoms with Crippen molar-refractivity contribution in [1.82, 2.24) is 0 Å². The molecule has 0 fully saturated rings. The van der Waals surface area contributed by atoms with Crippen LogP contribution in [0.4, 0.5) is 0 Å². The van der Waals surface area contributed by atoms with Crippen LogP contribution < -0.4 is 0 Å². The van der Waals surface area contributed by atoms with Crippen molar-refractivity contribution in [2.45, 2.75) is 18.9 Å². The smallest absolute Gasteiger partial charge is 0.0913 e. The highest BCUT2D eigenvalue weighted by atomic mass is 32.2. The van der Waals surface area contributed by atoms with Crippen molar-refractivity contribution in [3.63, 3.8) is 0 Å². The van der Waals surface area contributed by atoms with Crippen LogP contribution in [0.5, 0.6) is 0 Å². The largest absolute Gasteiger partial charge is 0.269 e. The molecular formula is C23H21NS. The van der Waals surface area contributed by atoms with Gasteiger partial charge < -0.3 is 0 Å². The lowest BCUT2D eigenvalue weighted by Gasteiger charge is -2.09. The predicted octanol–water partition coefficient (Wildman–Crippen LogP) is 6.37. The molecule has 0 amide bonds. The van der Waals surface area contributed by atoms with Crippen LogP contribution in [0.25, 0.3) is 11.1 Å². The van der Waals surface area contributed by atoms with E-state index in [0.717, 1.165) is 23.6 Å². The van der Waals surface area contributed by atoms with E-state index < -0.39 is 0 Å². The third-order valence-corrected chi connectivity index (χ3v) is 5.56. The molecule has 1 aliphatic carbocycles. The van der Waals surface area contributed by atoms with Crippen molar-refractivity contribution in [3.8, 4) is 11.1 Å². The average molecular weight is 343 g/mol. The highest BCUT2D eigenvalue weighted by Gasteiger charge is 2.18. The molecule has 0 saturated carbocycles. The first-order valence-corrected chi connectivity index (χ1v) is 9.77. The zero-order valence-corrected chi connectivity index (χ0v) is 15.0. The van der Waals surface area contributed by atoms with E-state index in [2.05, 4.69) is 85.0 Å².